The fraction of sp³-hybridized carbons (Fsp3) is 0.176. The molecular weight excluding hydrogens is 402 g/mol. The molecule has 29 heavy (non-hydrogen) atoms. The number of hydrogen-bond acceptors (Lipinski definition) is 7. The molecule has 2 heterocycles. The van der Waals surface area contributed by atoms with E-state index in [9.17, 15) is 19.7 Å². The maximum Gasteiger partial charge on any atom is 0.329 e. The Labute approximate surface area is 168 Å². The molecule has 2 aromatic heterocycles. The van der Waals surface area contributed by atoms with Crippen molar-refractivity contribution >= 4 is 40.6 Å². The highest BCUT2D eigenvalue weighted by Gasteiger charge is 2.16. The number of aromatic nitrogens is 4. The number of nitrogens with zero attached hydrogens (tertiary/aromatic N) is 5. The molecule has 1 aromatic carbocycles. The number of aromatic amines is 1. The van der Waals surface area contributed by atoms with Gasteiger partial charge in [0.25, 0.3) is 11.2 Å². The first-order valence-electron chi connectivity index (χ1n) is 8.33. The van der Waals surface area contributed by atoms with Crippen molar-refractivity contribution in [2.75, 3.05) is 5.43 Å². The molecule has 0 aliphatic carbocycles. The fourth-order valence-electron chi connectivity index (χ4n) is 2.56. The number of nitro benzene ring substituents is 1. The van der Waals surface area contributed by atoms with E-state index < -0.39 is 16.2 Å². The van der Waals surface area contributed by atoms with Crippen molar-refractivity contribution in [3.63, 3.8) is 0 Å². The molecule has 0 radical (unpaired) electrons. The Morgan fingerprint density at radius 1 is 1.38 bits per heavy atom. The number of benzene rings is 1. The molecule has 0 aliphatic rings. The second-order valence-electron chi connectivity index (χ2n) is 6.05. The van der Waals surface area contributed by atoms with Crippen LogP contribution < -0.4 is 16.7 Å². The van der Waals surface area contributed by atoms with Gasteiger partial charge in [-0.1, -0.05) is 17.7 Å². The molecule has 0 saturated carbocycles. The molecule has 3 rings (SSSR count). The van der Waals surface area contributed by atoms with Gasteiger partial charge in [0, 0.05) is 30.8 Å². The van der Waals surface area contributed by atoms with Crippen molar-refractivity contribution in [2.24, 2.45) is 12.1 Å². The topological polar surface area (TPSA) is 140 Å². The number of non-ortho nitro benzene ring substituents is 1. The third-order valence-electron chi connectivity index (χ3n) is 4.04. The van der Waals surface area contributed by atoms with E-state index in [1.165, 1.54) is 34.5 Å². The van der Waals surface area contributed by atoms with Crippen molar-refractivity contribution in [1.82, 2.24) is 19.1 Å². The number of imidazole rings is 1. The average Bonchev–Trinajstić information content (AvgIpc) is 3.04. The summed E-state index contributed by atoms with van der Waals surface area (Å²) in [6.45, 7) is 1.92. The largest absolute Gasteiger partial charge is 0.329 e. The second kappa shape index (κ2) is 8.10. The van der Waals surface area contributed by atoms with Crippen molar-refractivity contribution in [3.05, 3.63) is 71.9 Å². The first-order chi connectivity index (χ1) is 13.8. The molecule has 0 bridgehead atoms. The Bertz CT molecular complexity index is 1250. The third kappa shape index (κ3) is 4.24. The van der Waals surface area contributed by atoms with Crippen LogP contribution in [0, 0.1) is 10.1 Å². The molecule has 0 spiro atoms. The van der Waals surface area contributed by atoms with E-state index in [0.29, 0.717) is 10.6 Å². The van der Waals surface area contributed by atoms with E-state index in [0.717, 1.165) is 0 Å². The Hall–Kier alpha value is -3.73. The summed E-state index contributed by atoms with van der Waals surface area (Å²) in [6, 6.07) is 5.81. The van der Waals surface area contributed by atoms with Gasteiger partial charge in [-0.05, 0) is 24.6 Å². The van der Waals surface area contributed by atoms with E-state index in [4.69, 9.17) is 11.6 Å². The van der Waals surface area contributed by atoms with Crippen molar-refractivity contribution in [2.45, 2.75) is 13.5 Å². The van der Waals surface area contributed by atoms with Gasteiger partial charge in [0.2, 0.25) is 5.95 Å². The van der Waals surface area contributed by atoms with Crippen molar-refractivity contribution < 1.29 is 4.92 Å². The lowest BCUT2D eigenvalue weighted by Crippen LogP contribution is -2.29. The summed E-state index contributed by atoms with van der Waals surface area (Å²) >= 11 is 5.90. The van der Waals surface area contributed by atoms with Crippen LogP contribution in [0.25, 0.3) is 11.2 Å². The van der Waals surface area contributed by atoms with Crippen LogP contribution in [0.5, 0.6) is 0 Å². The zero-order valence-electron chi connectivity index (χ0n) is 15.4. The number of hydrazone groups is 1. The maximum absolute atomic E-state index is 12.3. The minimum atomic E-state index is -0.586. The third-order valence-corrected chi connectivity index (χ3v) is 4.20. The van der Waals surface area contributed by atoms with Crippen LogP contribution in [0.3, 0.4) is 0 Å². The molecule has 0 atom stereocenters. The number of nitro groups is 1. The number of halogens is 1. The highest BCUT2D eigenvalue weighted by atomic mass is 35.5. The van der Waals surface area contributed by atoms with Crippen LogP contribution >= 0.6 is 11.6 Å². The fourth-order valence-corrected chi connectivity index (χ4v) is 2.63. The average molecular weight is 418 g/mol. The Kier molecular flexibility index (Phi) is 5.59. The molecule has 11 nitrogen and oxygen atoms in total. The molecule has 0 aliphatic heterocycles. The highest BCUT2D eigenvalue weighted by Crippen LogP contribution is 2.16. The predicted molar refractivity (Wildman–Crippen MR) is 110 cm³/mol. The Balaban J connectivity index is 1.98. The van der Waals surface area contributed by atoms with Crippen LogP contribution in [-0.4, -0.2) is 30.2 Å². The summed E-state index contributed by atoms with van der Waals surface area (Å²) in [5.41, 5.74) is 2.53. The van der Waals surface area contributed by atoms with Gasteiger partial charge in [0.1, 0.15) is 0 Å². The Morgan fingerprint density at radius 3 is 2.69 bits per heavy atom. The van der Waals surface area contributed by atoms with Gasteiger partial charge in [-0.2, -0.15) is 10.1 Å². The number of hydrogen-bond donors (Lipinski definition) is 2. The molecule has 2 N–H and O–H groups in total. The molecule has 12 heteroatoms. The standard InChI is InChI=1S/C17H16ClN7O4/c1-10(18)7-8-24-13-14(23(2)17(27)21-15(13)26)20-16(24)22-19-9-11-3-5-12(6-4-11)25(28)29/h3-7,9H,8H2,1-2H3,(H,20,22)(H,21,26,27). The van der Waals surface area contributed by atoms with Gasteiger partial charge < -0.3 is 0 Å². The lowest BCUT2D eigenvalue weighted by molar-refractivity contribution is -0.384. The lowest BCUT2D eigenvalue weighted by Gasteiger charge is -2.05. The van der Waals surface area contributed by atoms with E-state index in [1.54, 1.807) is 25.1 Å². The number of aryl methyl sites for hydroxylation is 1. The summed E-state index contributed by atoms with van der Waals surface area (Å²) in [6.07, 6.45) is 3.12. The summed E-state index contributed by atoms with van der Waals surface area (Å²) in [7, 11) is 1.49. The van der Waals surface area contributed by atoms with Crippen molar-refractivity contribution in [1.29, 1.82) is 0 Å². The van der Waals surface area contributed by atoms with Gasteiger partial charge in [0.05, 0.1) is 11.1 Å². The summed E-state index contributed by atoms with van der Waals surface area (Å²) in [5.74, 6) is 0.221. The first-order valence-corrected chi connectivity index (χ1v) is 8.71. The molecule has 0 unspecified atom stereocenters. The van der Waals surface area contributed by atoms with Gasteiger partial charge in [-0.25, -0.2) is 10.2 Å². The zero-order chi connectivity index (χ0) is 21.1. The van der Waals surface area contributed by atoms with E-state index in [2.05, 4.69) is 20.5 Å². The van der Waals surface area contributed by atoms with Gasteiger partial charge in [-0.15, -0.1) is 0 Å². The van der Waals surface area contributed by atoms with E-state index in [1.807, 2.05) is 0 Å². The summed E-state index contributed by atoms with van der Waals surface area (Å²) in [4.78, 5) is 40.9. The monoisotopic (exact) mass is 417 g/mol. The van der Waals surface area contributed by atoms with Crippen LogP contribution in [0.15, 0.2) is 50.1 Å². The minimum absolute atomic E-state index is 0.0275. The van der Waals surface area contributed by atoms with E-state index in [-0.39, 0.29) is 29.3 Å². The van der Waals surface area contributed by atoms with Gasteiger partial charge in [0.15, 0.2) is 11.2 Å². The molecule has 0 fully saturated rings. The second-order valence-corrected chi connectivity index (χ2v) is 6.64. The number of nitrogens with one attached hydrogen (secondary N) is 2. The van der Waals surface area contributed by atoms with Crippen molar-refractivity contribution in [3.8, 4) is 0 Å². The highest BCUT2D eigenvalue weighted by molar-refractivity contribution is 6.29. The van der Waals surface area contributed by atoms with Crippen LogP contribution in [0.2, 0.25) is 0 Å². The zero-order valence-corrected chi connectivity index (χ0v) is 16.2. The van der Waals surface area contributed by atoms with Gasteiger partial charge in [-0.3, -0.25) is 29.0 Å². The Morgan fingerprint density at radius 2 is 2.07 bits per heavy atom. The van der Waals surface area contributed by atoms with E-state index >= 15 is 0 Å². The number of rotatable bonds is 6. The number of fused-ring (bicyclic) bond motifs is 1. The summed E-state index contributed by atoms with van der Waals surface area (Å²) in [5, 5.41) is 15.3. The molecule has 150 valence electrons. The number of allylic oxidation sites excluding steroid dienone is 2. The molecular formula is C17H16ClN7O4. The van der Waals surface area contributed by atoms with Crippen LogP contribution in [-0.2, 0) is 13.6 Å². The normalized spacial score (nSPS) is 12.0. The summed E-state index contributed by atoms with van der Waals surface area (Å²) < 4.78 is 2.75. The van der Waals surface area contributed by atoms with Gasteiger partial charge >= 0.3 is 5.69 Å². The quantitative estimate of drug-likeness (QED) is 0.356. The van der Waals surface area contributed by atoms with Crippen LogP contribution in [0.4, 0.5) is 11.6 Å². The first kappa shape index (κ1) is 20.0. The predicted octanol–water partition coefficient (Wildman–Crippen LogP) is 1.92. The molecule has 0 saturated heterocycles. The SMILES string of the molecule is CC(Cl)=CCn1c(NN=Cc2ccc([N+](=O)[O-])cc2)nc2c1c(=O)[nH]c(=O)n2C. The smallest absolute Gasteiger partial charge is 0.299 e. The number of H-pyrrole nitrogens is 1. The number of anilines is 1. The molecule has 0 amide bonds. The maximum atomic E-state index is 12.3. The van der Waals surface area contributed by atoms with Crippen LogP contribution in [0.1, 0.15) is 12.5 Å². The minimum Gasteiger partial charge on any atom is -0.299 e. The molecule has 3 aromatic rings. The lowest BCUT2D eigenvalue weighted by atomic mass is 10.2.